The summed E-state index contributed by atoms with van der Waals surface area (Å²) in [4.78, 5) is 0. The van der Waals surface area contributed by atoms with Gasteiger partial charge in [-0.25, -0.2) is 0 Å². The summed E-state index contributed by atoms with van der Waals surface area (Å²) in [7, 11) is 0. The number of aliphatic hydroxyl groups excluding tert-OH is 1. The van der Waals surface area contributed by atoms with Crippen molar-refractivity contribution >= 4 is 6.08 Å². The molecule has 1 saturated carbocycles. The second kappa shape index (κ2) is 5.86. The summed E-state index contributed by atoms with van der Waals surface area (Å²) in [6, 6.07) is 10.5. The lowest BCUT2D eigenvalue weighted by Gasteiger charge is -2.25. The van der Waals surface area contributed by atoms with Crippen molar-refractivity contribution in [2.45, 2.75) is 25.7 Å². The number of hydrogen-bond donors (Lipinski definition) is 1. The van der Waals surface area contributed by atoms with Gasteiger partial charge < -0.3 is 5.11 Å². The number of hydrogen-bond acceptors (Lipinski definition) is 1. The third-order valence-electron chi connectivity index (χ3n) is 3.51. The van der Waals surface area contributed by atoms with E-state index in [2.05, 4.69) is 36.4 Å². The SMILES string of the molecule is OCC1CCC(C=Cc2ccccc2)CC1. The molecular formula is C15H20O. The maximum absolute atomic E-state index is 9.07. The summed E-state index contributed by atoms with van der Waals surface area (Å²) in [5.41, 5.74) is 1.28. The molecule has 0 aromatic heterocycles. The number of allylic oxidation sites excluding steroid dienone is 1. The second-order valence-electron chi connectivity index (χ2n) is 4.73. The minimum Gasteiger partial charge on any atom is -0.396 e. The zero-order valence-electron chi connectivity index (χ0n) is 9.68. The molecule has 86 valence electrons. The summed E-state index contributed by atoms with van der Waals surface area (Å²) in [5.74, 6) is 1.27. The highest BCUT2D eigenvalue weighted by molar-refractivity contribution is 5.48. The van der Waals surface area contributed by atoms with E-state index in [1.807, 2.05) is 6.07 Å². The Balaban J connectivity index is 1.85. The Labute approximate surface area is 97.8 Å². The predicted octanol–water partition coefficient (Wildman–Crippen LogP) is 3.50. The Morgan fingerprint density at radius 1 is 1.06 bits per heavy atom. The van der Waals surface area contributed by atoms with E-state index in [1.54, 1.807) is 0 Å². The van der Waals surface area contributed by atoms with E-state index in [0.717, 1.165) is 0 Å². The average Bonchev–Trinajstić information content (AvgIpc) is 2.38. The van der Waals surface area contributed by atoms with Crippen molar-refractivity contribution in [3.05, 3.63) is 42.0 Å². The molecule has 1 aromatic carbocycles. The van der Waals surface area contributed by atoms with Gasteiger partial charge in [-0.05, 0) is 43.1 Å². The molecule has 0 aliphatic heterocycles. The Kier molecular flexibility index (Phi) is 4.17. The fraction of sp³-hybridized carbons (Fsp3) is 0.467. The van der Waals surface area contributed by atoms with Gasteiger partial charge in [-0.1, -0.05) is 42.5 Å². The molecule has 1 heteroatoms. The van der Waals surface area contributed by atoms with Crippen LogP contribution in [0.5, 0.6) is 0 Å². The smallest absolute Gasteiger partial charge is 0.0459 e. The van der Waals surface area contributed by atoms with Crippen LogP contribution in [0.15, 0.2) is 36.4 Å². The molecule has 1 fully saturated rings. The molecule has 0 heterocycles. The molecule has 1 N–H and O–H groups in total. The minimum atomic E-state index is 0.370. The van der Waals surface area contributed by atoms with Crippen molar-refractivity contribution in [2.75, 3.05) is 6.61 Å². The van der Waals surface area contributed by atoms with Crippen LogP contribution in [0.25, 0.3) is 6.08 Å². The Morgan fingerprint density at radius 3 is 2.38 bits per heavy atom. The maximum Gasteiger partial charge on any atom is 0.0459 e. The summed E-state index contributed by atoms with van der Waals surface area (Å²) in [6.45, 7) is 0.370. The highest BCUT2D eigenvalue weighted by atomic mass is 16.3. The second-order valence-corrected chi connectivity index (χ2v) is 4.73. The van der Waals surface area contributed by atoms with Crippen molar-refractivity contribution < 1.29 is 5.11 Å². The van der Waals surface area contributed by atoms with Gasteiger partial charge in [0.15, 0.2) is 0 Å². The van der Waals surface area contributed by atoms with E-state index < -0.39 is 0 Å². The van der Waals surface area contributed by atoms with Gasteiger partial charge in [-0.2, -0.15) is 0 Å². The van der Waals surface area contributed by atoms with Crippen molar-refractivity contribution in [2.24, 2.45) is 11.8 Å². The largest absolute Gasteiger partial charge is 0.396 e. The molecular weight excluding hydrogens is 196 g/mol. The van der Waals surface area contributed by atoms with Crippen LogP contribution in [-0.2, 0) is 0 Å². The van der Waals surface area contributed by atoms with Crippen molar-refractivity contribution in [3.63, 3.8) is 0 Å². The van der Waals surface area contributed by atoms with Gasteiger partial charge in [0, 0.05) is 6.61 Å². The predicted molar refractivity (Wildman–Crippen MR) is 68.0 cm³/mol. The quantitative estimate of drug-likeness (QED) is 0.820. The van der Waals surface area contributed by atoms with Gasteiger partial charge in [-0.3, -0.25) is 0 Å². The van der Waals surface area contributed by atoms with Crippen molar-refractivity contribution in [1.82, 2.24) is 0 Å². The summed E-state index contributed by atoms with van der Waals surface area (Å²) in [5, 5.41) is 9.07. The molecule has 1 aromatic rings. The Morgan fingerprint density at radius 2 is 1.75 bits per heavy atom. The van der Waals surface area contributed by atoms with Crippen LogP contribution in [0.3, 0.4) is 0 Å². The Bertz CT molecular complexity index is 321. The standard InChI is InChI=1S/C15H20O/c16-12-15-10-8-14(9-11-15)7-6-13-4-2-1-3-5-13/h1-7,14-16H,8-12H2. The van der Waals surface area contributed by atoms with Crippen molar-refractivity contribution in [3.8, 4) is 0 Å². The van der Waals surface area contributed by atoms with Gasteiger partial charge >= 0.3 is 0 Å². The lowest BCUT2D eigenvalue weighted by Crippen LogP contribution is -2.15. The lowest BCUT2D eigenvalue weighted by atomic mass is 9.82. The van der Waals surface area contributed by atoms with E-state index in [4.69, 9.17) is 5.11 Å². The number of benzene rings is 1. The molecule has 2 rings (SSSR count). The first-order valence-electron chi connectivity index (χ1n) is 6.22. The third-order valence-corrected chi connectivity index (χ3v) is 3.51. The first kappa shape index (κ1) is 11.4. The monoisotopic (exact) mass is 216 g/mol. The molecule has 1 aliphatic rings. The molecule has 0 amide bonds. The number of aliphatic hydroxyl groups is 1. The van der Waals surface area contributed by atoms with E-state index in [0.29, 0.717) is 18.4 Å². The average molecular weight is 216 g/mol. The van der Waals surface area contributed by atoms with Crippen LogP contribution in [0.2, 0.25) is 0 Å². The first-order valence-corrected chi connectivity index (χ1v) is 6.22. The fourth-order valence-corrected chi connectivity index (χ4v) is 2.37. The Hall–Kier alpha value is -1.08. The van der Waals surface area contributed by atoms with E-state index in [1.165, 1.54) is 31.2 Å². The normalized spacial score (nSPS) is 26.1. The van der Waals surface area contributed by atoms with Crippen LogP contribution in [0.1, 0.15) is 31.2 Å². The zero-order chi connectivity index (χ0) is 11.2. The molecule has 0 unspecified atom stereocenters. The molecule has 0 spiro atoms. The highest BCUT2D eigenvalue weighted by Gasteiger charge is 2.18. The summed E-state index contributed by atoms with van der Waals surface area (Å²) < 4.78 is 0. The molecule has 16 heavy (non-hydrogen) atoms. The van der Waals surface area contributed by atoms with E-state index in [-0.39, 0.29) is 0 Å². The molecule has 1 aliphatic carbocycles. The van der Waals surface area contributed by atoms with Crippen LogP contribution in [0.4, 0.5) is 0 Å². The maximum atomic E-state index is 9.07. The van der Waals surface area contributed by atoms with E-state index in [9.17, 15) is 0 Å². The fourth-order valence-electron chi connectivity index (χ4n) is 2.37. The molecule has 0 saturated heterocycles. The van der Waals surface area contributed by atoms with Gasteiger partial charge in [0.25, 0.3) is 0 Å². The van der Waals surface area contributed by atoms with Gasteiger partial charge in [0.05, 0.1) is 0 Å². The van der Waals surface area contributed by atoms with Crippen LogP contribution in [-0.4, -0.2) is 11.7 Å². The van der Waals surface area contributed by atoms with Gasteiger partial charge in [0.2, 0.25) is 0 Å². The molecule has 0 atom stereocenters. The third kappa shape index (κ3) is 3.21. The topological polar surface area (TPSA) is 20.2 Å². The lowest BCUT2D eigenvalue weighted by molar-refractivity contribution is 0.178. The molecule has 1 nitrogen and oxygen atoms in total. The molecule has 0 radical (unpaired) electrons. The highest BCUT2D eigenvalue weighted by Crippen LogP contribution is 2.29. The summed E-state index contributed by atoms with van der Waals surface area (Å²) in [6.07, 6.45) is 9.39. The zero-order valence-corrected chi connectivity index (χ0v) is 9.68. The van der Waals surface area contributed by atoms with Crippen LogP contribution in [0, 0.1) is 11.8 Å². The van der Waals surface area contributed by atoms with Crippen LogP contribution >= 0.6 is 0 Å². The van der Waals surface area contributed by atoms with Gasteiger partial charge in [-0.15, -0.1) is 0 Å². The molecule has 0 bridgehead atoms. The van der Waals surface area contributed by atoms with Crippen molar-refractivity contribution in [1.29, 1.82) is 0 Å². The van der Waals surface area contributed by atoms with Crippen LogP contribution < -0.4 is 0 Å². The minimum absolute atomic E-state index is 0.370. The summed E-state index contributed by atoms with van der Waals surface area (Å²) >= 11 is 0. The number of rotatable bonds is 3. The van der Waals surface area contributed by atoms with Gasteiger partial charge in [0.1, 0.15) is 0 Å². The first-order chi connectivity index (χ1) is 7.88. The van der Waals surface area contributed by atoms with E-state index >= 15 is 0 Å².